The predicted octanol–water partition coefficient (Wildman–Crippen LogP) is 3.15. The molecule has 0 atom stereocenters. The number of rotatable bonds is 7. The van der Waals surface area contributed by atoms with Gasteiger partial charge in [-0.1, -0.05) is 6.42 Å². The van der Waals surface area contributed by atoms with E-state index in [1.165, 1.54) is 32.4 Å². The Kier molecular flexibility index (Phi) is 6.94. The molecule has 0 saturated carbocycles. The first-order valence-corrected chi connectivity index (χ1v) is 12.4. The fraction of sp³-hybridized carbons (Fsp3) is 0.462. The molecule has 1 saturated heterocycles. The Labute approximate surface area is 205 Å². The quantitative estimate of drug-likeness (QED) is 0.618. The molecule has 9 nitrogen and oxygen atoms in total. The van der Waals surface area contributed by atoms with Gasteiger partial charge in [-0.15, -0.1) is 0 Å². The Morgan fingerprint density at radius 1 is 1.14 bits per heavy atom. The molecule has 4 heterocycles. The van der Waals surface area contributed by atoms with Crippen LogP contribution in [0.4, 0.5) is 5.69 Å². The number of nitrogens with one attached hydrogen (secondary N) is 1. The summed E-state index contributed by atoms with van der Waals surface area (Å²) in [5.74, 6) is 2.16. The average molecular weight is 477 g/mol. The van der Waals surface area contributed by atoms with E-state index in [1.54, 1.807) is 25.4 Å². The summed E-state index contributed by atoms with van der Waals surface area (Å²) >= 11 is 0. The number of amides is 1. The van der Waals surface area contributed by atoms with Crippen molar-refractivity contribution in [3.63, 3.8) is 0 Å². The lowest BCUT2D eigenvalue weighted by Gasteiger charge is -2.29. The number of fused-ring (bicyclic) bond motifs is 3. The molecule has 1 amide bonds. The molecule has 0 aliphatic carbocycles. The van der Waals surface area contributed by atoms with Crippen LogP contribution in [0.2, 0.25) is 0 Å². The van der Waals surface area contributed by atoms with Crippen LogP contribution in [0.15, 0.2) is 40.4 Å². The van der Waals surface area contributed by atoms with E-state index in [9.17, 15) is 4.79 Å². The Bertz CT molecular complexity index is 1160. The van der Waals surface area contributed by atoms with Gasteiger partial charge in [0.15, 0.2) is 11.5 Å². The maximum absolute atomic E-state index is 13.0. The predicted molar refractivity (Wildman–Crippen MR) is 135 cm³/mol. The highest BCUT2D eigenvalue weighted by Gasteiger charge is 2.33. The highest BCUT2D eigenvalue weighted by atomic mass is 16.5. The van der Waals surface area contributed by atoms with Crippen molar-refractivity contribution in [3.05, 3.63) is 47.3 Å². The van der Waals surface area contributed by atoms with Crippen LogP contribution in [0.5, 0.6) is 11.5 Å². The number of piperidine rings is 1. The van der Waals surface area contributed by atoms with Gasteiger partial charge >= 0.3 is 0 Å². The lowest BCUT2D eigenvalue weighted by molar-refractivity contribution is 0.0973. The summed E-state index contributed by atoms with van der Waals surface area (Å²) in [7, 11) is 1.62. The van der Waals surface area contributed by atoms with Crippen LogP contribution < -0.4 is 14.8 Å². The minimum absolute atomic E-state index is 0.256. The number of likely N-dealkylation sites (tertiary alicyclic amines) is 1. The summed E-state index contributed by atoms with van der Waals surface area (Å²) < 4.78 is 11.9. The van der Waals surface area contributed by atoms with Gasteiger partial charge in [0.1, 0.15) is 11.5 Å². The number of amidine groups is 1. The maximum atomic E-state index is 13.0. The molecular weight excluding hydrogens is 444 g/mol. The number of aliphatic imine (C=N–C) groups is 2. The summed E-state index contributed by atoms with van der Waals surface area (Å²) in [6.07, 6.45) is 6.54. The van der Waals surface area contributed by atoms with Gasteiger partial charge < -0.3 is 14.4 Å². The number of ether oxygens (including phenoxy) is 2. The second-order valence-corrected chi connectivity index (χ2v) is 8.98. The molecule has 35 heavy (non-hydrogen) atoms. The number of methoxy groups -OCH3 is 1. The number of aromatic nitrogens is 1. The van der Waals surface area contributed by atoms with E-state index in [0.717, 1.165) is 24.4 Å². The number of pyridine rings is 1. The molecule has 1 N–H and O–H groups in total. The van der Waals surface area contributed by atoms with Crippen molar-refractivity contribution in [1.82, 2.24) is 20.1 Å². The van der Waals surface area contributed by atoms with Gasteiger partial charge in [0.2, 0.25) is 5.96 Å². The number of aryl methyl sites for hydroxylation is 1. The smallest absolute Gasteiger partial charge is 0.259 e. The highest BCUT2D eigenvalue weighted by molar-refractivity contribution is 6.20. The molecule has 3 aliphatic rings. The second-order valence-electron chi connectivity index (χ2n) is 8.98. The van der Waals surface area contributed by atoms with E-state index < -0.39 is 0 Å². The molecule has 3 aliphatic heterocycles. The van der Waals surface area contributed by atoms with Crippen molar-refractivity contribution in [2.24, 2.45) is 9.98 Å². The van der Waals surface area contributed by atoms with Crippen LogP contribution >= 0.6 is 0 Å². The van der Waals surface area contributed by atoms with Crippen molar-refractivity contribution < 1.29 is 14.3 Å². The fourth-order valence-corrected chi connectivity index (χ4v) is 4.85. The second kappa shape index (κ2) is 10.4. The van der Waals surface area contributed by atoms with E-state index >= 15 is 0 Å². The molecule has 1 aromatic heterocycles. The van der Waals surface area contributed by atoms with E-state index in [1.807, 2.05) is 24.0 Å². The molecule has 184 valence electrons. The van der Waals surface area contributed by atoms with Crippen molar-refractivity contribution in [2.75, 3.05) is 46.4 Å². The average Bonchev–Trinajstić information content (AvgIpc) is 3.38. The third-order valence-electron chi connectivity index (χ3n) is 6.66. The largest absolute Gasteiger partial charge is 0.491 e. The number of hydrogen-bond acceptors (Lipinski definition) is 8. The molecule has 1 fully saturated rings. The molecule has 1 aromatic carbocycles. The molecule has 0 spiro atoms. The molecule has 0 unspecified atom stereocenters. The number of benzene rings is 1. The first kappa shape index (κ1) is 23.3. The molecule has 9 heteroatoms. The summed E-state index contributed by atoms with van der Waals surface area (Å²) in [6, 6.07) is 7.41. The van der Waals surface area contributed by atoms with Gasteiger partial charge in [-0.25, -0.2) is 4.99 Å². The topological polar surface area (TPSA) is 91.7 Å². The first-order valence-electron chi connectivity index (χ1n) is 12.4. The number of guanidine groups is 1. The SMILES string of the molecule is COc1c(OCCCN2CCCCC2)ccc2c1N=C(NC(=O)c1cccnc1C)N1CCN=C21. The Morgan fingerprint density at radius 2 is 2.00 bits per heavy atom. The number of nitrogens with zero attached hydrogens (tertiary/aromatic N) is 5. The minimum atomic E-state index is -0.256. The van der Waals surface area contributed by atoms with Crippen molar-refractivity contribution >= 4 is 23.4 Å². The number of carbonyl (C=O) groups excluding carboxylic acids is 1. The van der Waals surface area contributed by atoms with Crippen LogP contribution in [0.25, 0.3) is 0 Å². The van der Waals surface area contributed by atoms with Crippen molar-refractivity contribution in [2.45, 2.75) is 32.6 Å². The van der Waals surface area contributed by atoms with Crippen molar-refractivity contribution in [3.8, 4) is 11.5 Å². The molecule has 2 aromatic rings. The molecule has 0 radical (unpaired) electrons. The summed E-state index contributed by atoms with van der Waals surface area (Å²) in [5, 5.41) is 2.96. The fourth-order valence-electron chi connectivity index (χ4n) is 4.85. The molecule has 0 bridgehead atoms. The summed E-state index contributed by atoms with van der Waals surface area (Å²) in [4.78, 5) is 31.2. The van der Waals surface area contributed by atoms with E-state index in [-0.39, 0.29) is 5.91 Å². The van der Waals surface area contributed by atoms with Gasteiger partial charge in [0, 0.05) is 30.5 Å². The Hall–Kier alpha value is -3.46. The third kappa shape index (κ3) is 4.86. The summed E-state index contributed by atoms with van der Waals surface area (Å²) in [6.45, 7) is 7.11. The van der Waals surface area contributed by atoms with E-state index in [0.29, 0.717) is 54.1 Å². The van der Waals surface area contributed by atoms with Crippen LogP contribution in [-0.4, -0.2) is 78.9 Å². The maximum Gasteiger partial charge on any atom is 0.259 e. The van der Waals surface area contributed by atoms with Crippen LogP contribution in [0, 0.1) is 6.92 Å². The van der Waals surface area contributed by atoms with Gasteiger partial charge in [-0.2, -0.15) is 0 Å². The zero-order chi connectivity index (χ0) is 24.2. The highest BCUT2D eigenvalue weighted by Crippen LogP contribution is 2.43. The first-order chi connectivity index (χ1) is 17.2. The van der Waals surface area contributed by atoms with Gasteiger partial charge in [-0.3, -0.25) is 25.0 Å². The Balaban J connectivity index is 1.36. The molecule has 5 rings (SSSR count). The van der Waals surface area contributed by atoms with Crippen molar-refractivity contribution in [1.29, 1.82) is 0 Å². The number of hydrogen-bond donors (Lipinski definition) is 1. The normalized spacial score (nSPS) is 17.3. The van der Waals surface area contributed by atoms with Crippen LogP contribution in [-0.2, 0) is 0 Å². The number of carbonyl (C=O) groups is 1. The van der Waals surface area contributed by atoms with E-state index in [2.05, 4.69) is 20.2 Å². The van der Waals surface area contributed by atoms with Gasteiger partial charge in [-0.05, 0) is 63.5 Å². The van der Waals surface area contributed by atoms with Gasteiger partial charge in [0.25, 0.3) is 5.91 Å². The third-order valence-corrected chi connectivity index (χ3v) is 6.66. The lowest BCUT2D eigenvalue weighted by Crippen LogP contribution is -2.47. The standard InChI is InChI=1S/C26H32N6O3/c1-18-19(8-6-11-27-18)25(33)30-26-29-22-20(24-28-12-16-32(24)26)9-10-21(23(22)34-2)35-17-7-15-31-13-4-3-5-14-31/h6,8-11H,3-5,7,12-17H2,1-2H3,(H,29,30,33). The zero-order valence-electron chi connectivity index (χ0n) is 20.4. The van der Waals surface area contributed by atoms with E-state index in [4.69, 9.17) is 14.5 Å². The Morgan fingerprint density at radius 3 is 2.80 bits per heavy atom. The van der Waals surface area contributed by atoms with Crippen LogP contribution in [0.3, 0.4) is 0 Å². The lowest BCUT2D eigenvalue weighted by atomic mass is 10.1. The monoisotopic (exact) mass is 476 g/mol. The van der Waals surface area contributed by atoms with Crippen LogP contribution in [0.1, 0.15) is 47.3 Å². The molecular formula is C26H32N6O3. The zero-order valence-corrected chi connectivity index (χ0v) is 20.4. The summed E-state index contributed by atoms with van der Waals surface area (Å²) in [5.41, 5.74) is 2.66. The van der Waals surface area contributed by atoms with Gasteiger partial charge in [0.05, 0.1) is 25.8 Å². The minimum Gasteiger partial charge on any atom is -0.491 e.